The van der Waals surface area contributed by atoms with Crippen molar-refractivity contribution in [2.45, 2.75) is 48.7 Å². The number of likely N-dealkylation sites (tertiary alicyclic amines) is 1. The number of nitrogens with one attached hydrogen (secondary N) is 2. The lowest BCUT2D eigenvalue weighted by Crippen LogP contribution is -2.51. The van der Waals surface area contributed by atoms with E-state index in [0.29, 0.717) is 28.5 Å². The van der Waals surface area contributed by atoms with Crippen LogP contribution in [0.3, 0.4) is 0 Å². The first-order valence-corrected chi connectivity index (χ1v) is 16.5. The molecule has 4 aromatic rings. The van der Waals surface area contributed by atoms with Crippen molar-refractivity contribution in [1.29, 1.82) is 5.26 Å². The van der Waals surface area contributed by atoms with E-state index in [0.717, 1.165) is 53.3 Å². The summed E-state index contributed by atoms with van der Waals surface area (Å²) in [6.45, 7) is 4.13. The largest absolute Gasteiger partial charge is 0.488 e. The first kappa shape index (κ1) is 30.6. The number of ether oxygens (including phenoxy) is 2. The summed E-state index contributed by atoms with van der Waals surface area (Å²) in [4.78, 5) is 35.7. The summed E-state index contributed by atoms with van der Waals surface area (Å²) in [7, 11) is 2.09. The number of benzene rings is 3. The highest BCUT2D eigenvalue weighted by atomic mass is 32.2. The molecule has 7 rings (SSSR count). The average molecular weight is 647 g/mol. The lowest BCUT2D eigenvalue weighted by atomic mass is 9.98. The Morgan fingerprint density at radius 2 is 1.87 bits per heavy atom. The number of thioether (sulfide) groups is 1. The van der Waals surface area contributed by atoms with Crippen LogP contribution in [0.5, 0.6) is 17.2 Å². The summed E-state index contributed by atoms with van der Waals surface area (Å²) in [5.74, 6) is 1.73. The number of anilines is 2. The van der Waals surface area contributed by atoms with Gasteiger partial charge in [0.15, 0.2) is 0 Å². The molecule has 11 heteroatoms. The maximum Gasteiger partial charge on any atom is 0.327 e. The Morgan fingerprint density at radius 1 is 1.06 bits per heavy atom. The molecule has 238 valence electrons. The van der Waals surface area contributed by atoms with Gasteiger partial charge in [-0.1, -0.05) is 36.0 Å². The van der Waals surface area contributed by atoms with E-state index in [4.69, 9.17) is 9.47 Å². The van der Waals surface area contributed by atoms with E-state index in [9.17, 15) is 14.9 Å². The van der Waals surface area contributed by atoms with Crippen LogP contribution in [-0.4, -0.2) is 53.3 Å². The molecular formula is C36H34N6O4S. The van der Waals surface area contributed by atoms with Gasteiger partial charge in [0.1, 0.15) is 40.2 Å². The van der Waals surface area contributed by atoms with Gasteiger partial charge in [-0.25, -0.2) is 9.78 Å². The van der Waals surface area contributed by atoms with Gasteiger partial charge >= 0.3 is 6.03 Å². The second-order valence-electron chi connectivity index (χ2n) is 12.0. The van der Waals surface area contributed by atoms with E-state index in [1.807, 2.05) is 61.5 Å². The number of nitrogens with zero attached hydrogens (tertiary/aromatic N) is 4. The molecule has 3 aliphatic heterocycles. The molecule has 10 nitrogen and oxygen atoms in total. The minimum Gasteiger partial charge on any atom is -0.488 e. The number of aryl methyl sites for hydroxylation is 1. The lowest BCUT2D eigenvalue weighted by molar-refractivity contribution is -0.122. The first-order valence-electron chi connectivity index (χ1n) is 15.6. The fourth-order valence-electron chi connectivity index (χ4n) is 6.32. The lowest BCUT2D eigenvalue weighted by Gasteiger charge is -2.35. The third kappa shape index (κ3) is 6.22. The molecule has 1 fully saturated rings. The molecule has 2 atom stereocenters. The van der Waals surface area contributed by atoms with Crippen molar-refractivity contribution >= 4 is 35.1 Å². The topological polar surface area (TPSA) is 120 Å². The van der Waals surface area contributed by atoms with Crippen LogP contribution in [0.1, 0.15) is 41.1 Å². The fourth-order valence-corrected chi connectivity index (χ4v) is 7.56. The zero-order chi connectivity index (χ0) is 32.5. The van der Waals surface area contributed by atoms with Crippen LogP contribution >= 0.6 is 11.8 Å². The summed E-state index contributed by atoms with van der Waals surface area (Å²) in [5.41, 5.74) is 4.54. The van der Waals surface area contributed by atoms with E-state index < -0.39 is 11.3 Å². The summed E-state index contributed by atoms with van der Waals surface area (Å²) < 4.78 is 12.1. The zero-order valence-electron chi connectivity index (χ0n) is 26.1. The standard InChI is InChI=1S/C36H34N6O4S/c1-22-18-27(46-26-8-5-6-23(19-26)21-45-30-9-4-3-7-24(30)20-37)10-11-28(22)42-29-12-15-38-35-31(29)32(40-36(42)44)33(47-35)34(43)39-25-13-16-41(2)17-14-25/h3-12,15,18-19,25,32-33H,13-14,16-17,21H2,1-2H3,(H,39,43)(H,40,44). The van der Waals surface area contributed by atoms with Gasteiger partial charge in [0.05, 0.1) is 23.0 Å². The predicted octanol–water partition coefficient (Wildman–Crippen LogP) is 6.22. The van der Waals surface area contributed by atoms with Crippen LogP contribution < -0.4 is 25.0 Å². The Morgan fingerprint density at radius 3 is 2.68 bits per heavy atom. The molecule has 4 heterocycles. The predicted molar refractivity (Wildman–Crippen MR) is 179 cm³/mol. The number of carbonyl (C=O) groups is 2. The van der Waals surface area contributed by atoms with Gasteiger partial charge in [0.25, 0.3) is 0 Å². The zero-order valence-corrected chi connectivity index (χ0v) is 26.9. The Balaban J connectivity index is 1.06. The number of hydrogen-bond acceptors (Lipinski definition) is 8. The van der Waals surface area contributed by atoms with Crippen molar-refractivity contribution in [3.63, 3.8) is 0 Å². The van der Waals surface area contributed by atoms with Crippen LogP contribution in [0.4, 0.5) is 16.2 Å². The Labute approximate surface area is 277 Å². The average Bonchev–Trinajstić information content (AvgIpc) is 3.45. The number of amides is 3. The molecule has 0 saturated carbocycles. The SMILES string of the molecule is Cc1cc(Oc2cccc(COc3ccccc3C#N)c2)ccc1N1C(=O)NC2c3c1ccnc3SC2C(=O)NC1CCN(C)CC1. The van der Waals surface area contributed by atoms with Crippen LogP contribution in [0.15, 0.2) is 84.0 Å². The quantitative estimate of drug-likeness (QED) is 0.232. The highest BCUT2D eigenvalue weighted by Gasteiger charge is 2.47. The number of piperidine rings is 1. The summed E-state index contributed by atoms with van der Waals surface area (Å²) >= 11 is 1.41. The summed E-state index contributed by atoms with van der Waals surface area (Å²) in [5, 5.41) is 16.0. The molecule has 3 aromatic carbocycles. The van der Waals surface area contributed by atoms with Gasteiger partial charge in [-0.2, -0.15) is 5.26 Å². The maximum absolute atomic E-state index is 13.7. The van der Waals surface area contributed by atoms with Gasteiger partial charge in [0, 0.05) is 17.8 Å². The van der Waals surface area contributed by atoms with Crippen LogP contribution in [0.2, 0.25) is 0 Å². The van der Waals surface area contributed by atoms with E-state index in [-0.39, 0.29) is 24.6 Å². The molecular weight excluding hydrogens is 613 g/mol. The van der Waals surface area contributed by atoms with Crippen molar-refractivity contribution in [2.75, 3.05) is 25.0 Å². The van der Waals surface area contributed by atoms with E-state index in [1.54, 1.807) is 29.3 Å². The Kier molecular flexibility index (Phi) is 8.45. The summed E-state index contributed by atoms with van der Waals surface area (Å²) in [6.07, 6.45) is 3.53. The Bertz CT molecular complexity index is 1890. The molecule has 0 spiro atoms. The molecule has 2 unspecified atom stereocenters. The van der Waals surface area contributed by atoms with Crippen LogP contribution in [-0.2, 0) is 11.4 Å². The first-order chi connectivity index (χ1) is 22.9. The molecule has 0 bridgehead atoms. The minimum absolute atomic E-state index is 0.0625. The van der Waals surface area contributed by atoms with Gasteiger partial charge in [-0.3, -0.25) is 9.69 Å². The molecule has 3 aliphatic rings. The molecule has 47 heavy (non-hydrogen) atoms. The highest BCUT2D eigenvalue weighted by molar-refractivity contribution is 8.01. The maximum atomic E-state index is 13.7. The number of hydrogen-bond donors (Lipinski definition) is 2. The van der Waals surface area contributed by atoms with Gasteiger partial charge in [0.2, 0.25) is 5.91 Å². The van der Waals surface area contributed by atoms with E-state index in [2.05, 4.69) is 33.6 Å². The molecule has 2 N–H and O–H groups in total. The highest BCUT2D eigenvalue weighted by Crippen LogP contribution is 2.51. The Hall–Kier alpha value is -5.05. The molecule has 0 radical (unpaired) electrons. The second-order valence-corrected chi connectivity index (χ2v) is 13.2. The second kappa shape index (κ2) is 13.0. The molecule has 0 aliphatic carbocycles. The van der Waals surface area contributed by atoms with E-state index in [1.165, 1.54) is 11.8 Å². The van der Waals surface area contributed by atoms with Crippen molar-refractivity contribution in [3.8, 4) is 23.3 Å². The number of carbonyl (C=O) groups excluding carboxylic acids is 2. The van der Waals surface area contributed by atoms with Crippen molar-refractivity contribution < 1.29 is 19.1 Å². The van der Waals surface area contributed by atoms with Gasteiger partial charge in [-0.05, 0) is 99.6 Å². The van der Waals surface area contributed by atoms with Gasteiger partial charge in [-0.15, -0.1) is 0 Å². The monoisotopic (exact) mass is 646 g/mol. The van der Waals surface area contributed by atoms with Crippen molar-refractivity contribution in [3.05, 3.63) is 101 Å². The van der Waals surface area contributed by atoms with Crippen LogP contribution in [0.25, 0.3) is 0 Å². The van der Waals surface area contributed by atoms with Crippen molar-refractivity contribution in [1.82, 2.24) is 20.5 Å². The number of pyridine rings is 1. The third-order valence-electron chi connectivity index (χ3n) is 8.77. The molecule has 1 saturated heterocycles. The third-order valence-corrected chi connectivity index (χ3v) is 10.1. The van der Waals surface area contributed by atoms with Crippen LogP contribution in [0, 0.1) is 18.3 Å². The number of para-hydroxylation sites is 1. The number of aromatic nitrogens is 1. The van der Waals surface area contributed by atoms with E-state index >= 15 is 0 Å². The molecule has 3 amide bonds. The minimum atomic E-state index is -0.483. The fraction of sp³-hybridized carbons (Fsp3) is 0.278. The smallest absolute Gasteiger partial charge is 0.327 e. The number of urea groups is 1. The van der Waals surface area contributed by atoms with Gasteiger partial charge < -0.3 is 25.0 Å². The summed E-state index contributed by atoms with van der Waals surface area (Å²) in [6, 6.07) is 23.7. The molecule has 1 aromatic heterocycles. The number of rotatable bonds is 8. The normalized spacial score (nSPS) is 19.0. The van der Waals surface area contributed by atoms with Crippen molar-refractivity contribution in [2.24, 2.45) is 0 Å². The number of nitriles is 1.